The van der Waals surface area contributed by atoms with Crippen LogP contribution in [0.5, 0.6) is 0 Å². The summed E-state index contributed by atoms with van der Waals surface area (Å²) in [6.07, 6.45) is 3.50. The van der Waals surface area contributed by atoms with E-state index in [2.05, 4.69) is 44.7 Å². The quantitative estimate of drug-likeness (QED) is 0.886. The number of aryl methyl sites for hydroxylation is 1. The van der Waals surface area contributed by atoms with Gasteiger partial charge in [-0.05, 0) is 58.7 Å². The molecule has 2 atom stereocenters. The number of piperidine rings is 1. The van der Waals surface area contributed by atoms with Crippen molar-refractivity contribution in [2.24, 2.45) is 5.73 Å². The molecule has 0 aliphatic carbocycles. The molecular formula is C15H26N2S. The minimum Gasteiger partial charge on any atom is -0.326 e. The van der Waals surface area contributed by atoms with Gasteiger partial charge >= 0.3 is 0 Å². The van der Waals surface area contributed by atoms with Gasteiger partial charge in [-0.25, -0.2) is 0 Å². The molecule has 2 nitrogen and oxygen atoms in total. The summed E-state index contributed by atoms with van der Waals surface area (Å²) in [4.78, 5) is 5.51. The van der Waals surface area contributed by atoms with Crippen molar-refractivity contribution in [3.05, 3.63) is 21.9 Å². The lowest BCUT2D eigenvalue weighted by molar-refractivity contribution is 0.0402. The van der Waals surface area contributed by atoms with Crippen molar-refractivity contribution in [1.29, 1.82) is 0 Å². The molecule has 0 amide bonds. The number of thiophene rings is 1. The zero-order valence-electron chi connectivity index (χ0n) is 12.1. The molecule has 18 heavy (non-hydrogen) atoms. The summed E-state index contributed by atoms with van der Waals surface area (Å²) in [5.41, 5.74) is 6.61. The predicted octanol–water partition coefficient (Wildman–Crippen LogP) is 3.57. The van der Waals surface area contributed by atoms with Gasteiger partial charge in [0.1, 0.15) is 0 Å². The highest BCUT2D eigenvalue weighted by molar-refractivity contribution is 7.12. The van der Waals surface area contributed by atoms with E-state index in [1.54, 1.807) is 0 Å². The Kier molecular flexibility index (Phi) is 4.15. The second-order valence-electron chi connectivity index (χ2n) is 6.27. The van der Waals surface area contributed by atoms with Crippen LogP contribution in [0.1, 0.15) is 56.3 Å². The number of hydrogen-bond donors (Lipinski definition) is 1. The number of nitrogens with two attached hydrogens (primary N) is 1. The van der Waals surface area contributed by atoms with Gasteiger partial charge in [-0.15, -0.1) is 11.3 Å². The van der Waals surface area contributed by atoms with E-state index in [0.717, 1.165) is 12.8 Å². The van der Waals surface area contributed by atoms with Crippen molar-refractivity contribution < 1.29 is 0 Å². The third kappa shape index (κ3) is 2.79. The van der Waals surface area contributed by atoms with E-state index in [-0.39, 0.29) is 11.6 Å². The fourth-order valence-corrected chi connectivity index (χ4v) is 4.03. The first-order valence-electron chi connectivity index (χ1n) is 7.04. The molecular weight excluding hydrogens is 240 g/mol. The van der Waals surface area contributed by atoms with Crippen LogP contribution in [0.15, 0.2) is 12.1 Å². The molecule has 1 aliphatic heterocycles. The minimum absolute atomic E-state index is 0.194. The van der Waals surface area contributed by atoms with Crippen LogP contribution in [0.2, 0.25) is 0 Å². The summed E-state index contributed by atoms with van der Waals surface area (Å²) in [5.74, 6) is 0. The Morgan fingerprint density at radius 3 is 2.67 bits per heavy atom. The third-order valence-electron chi connectivity index (χ3n) is 3.86. The van der Waals surface area contributed by atoms with Crippen molar-refractivity contribution in [1.82, 2.24) is 4.90 Å². The van der Waals surface area contributed by atoms with E-state index in [9.17, 15) is 0 Å². The van der Waals surface area contributed by atoms with Crippen LogP contribution < -0.4 is 5.73 Å². The second kappa shape index (κ2) is 5.32. The van der Waals surface area contributed by atoms with Gasteiger partial charge in [0, 0.05) is 21.3 Å². The number of likely N-dealkylation sites (tertiary alicyclic amines) is 1. The van der Waals surface area contributed by atoms with Crippen LogP contribution in [0.4, 0.5) is 0 Å². The van der Waals surface area contributed by atoms with Crippen molar-refractivity contribution in [3.63, 3.8) is 0 Å². The minimum atomic E-state index is 0.194. The van der Waals surface area contributed by atoms with E-state index >= 15 is 0 Å². The van der Waals surface area contributed by atoms with Gasteiger partial charge in [0.05, 0.1) is 6.04 Å². The molecule has 102 valence electrons. The molecule has 1 saturated heterocycles. The highest BCUT2D eigenvalue weighted by Crippen LogP contribution is 2.38. The highest BCUT2D eigenvalue weighted by atomic mass is 32.1. The van der Waals surface area contributed by atoms with Crippen molar-refractivity contribution in [2.45, 2.75) is 64.6 Å². The maximum Gasteiger partial charge on any atom is 0.0597 e. The van der Waals surface area contributed by atoms with Crippen molar-refractivity contribution in [2.75, 3.05) is 6.54 Å². The smallest absolute Gasteiger partial charge is 0.0597 e. The Hall–Kier alpha value is -0.380. The zero-order valence-corrected chi connectivity index (χ0v) is 12.9. The molecule has 0 saturated carbocycles. The van der Waals surface area contributed by atoms with Gasteiger partial charge in [-0.3, -0.25) is 4.90 Å². The molecule has 1 aromatic rings. The zero-order chi connectivity index (χ0) is 13.3. The summed E-state index contributed by atoms with van der Waals surface area (Å²) in [7, 11) is 0. The van der Waals surface area contributed by atoms with Crippen LogP contribution in [0.3, 0.4) is 0 Å². The molecule has 0 bridgehead atoms. The van der Waals surface area contributed by atoms with Crippen LogP contribution in [-0.2, 0) is 6.42 Å². The van der Waals surface area contributed by atoms with E-state index < -0.39 is 0 Å². The number of rotatable bonds is 2. The summed E-state index contributed by atoms with van der Waals surface area (Å²) in [5, 5.41) is 0. The van der Waals surface area contributed by atoms with Gasteiger partial charge in [0.25, 0.3) is 0 Å². The lowest BCUT2D eigenvalue weighted by Crippen LogP contribution is -2.53. The standard InChI is InChI=1S/C15H26N2S/c1-5-11-8-9-13(18-11)14-12(16)7-6-10-17(14)15(2,3)4/h8-9,12,14H,5-7,10,16H2,1-4H3. The van der Waals surface area contributed by atoms with Crippen LogP contribution in [0, 0.1) is 0 Å². The van der Waals surface area contributed by atoms with E-state index in [4.69, 9.17) is 5.73 Å². The molecule has 1 fully saturated rings. The molecule has 2 N–H and O–H groups in total. The van der Waals surface area contributed by atoms with Gasteiger partial charge < -0.3 is 5.73 Å². The molecule has 2 rings (SSSR count). The topological polar surface area (TPSA) is 29.3 Å². The maximum atomic E-state index is 6.41. The van der Waals surface area contributed by atoms with Crippen molar-refractivity contribution in [3.8, 4) is 0 Å². The molecule has 1 aliphatic rings. The fourth-order valence-electron chi connectivity index (χ4n) is 2.89. The Labute approximate surface area is 115 Å². The average Bonchev–Trinajstić information content (AvgIpc) is 2.75. The SMILES string of the molecule is CCc1ccc(C2C(N)CCCN2C(C)(C)C)s1. The van der Waals surface area contributed by atoms with Crippen molar-refractivity contribution >= 4 is 11.3 Å². The monoisotopic (exact) mass is 266 g/mol. The highest BCUT2D eigenvalue weighted by Gasteiger charge is 2.37. The Balaban J connectivity index is 2.30. The summed E-state index contributed by atoms with van der Waals surface area (Å²) in [6, 6.07) is 5.24. The fraction of sp³-hybridized carbons (Fsp3) is 0.733. The molecule has 0 radical (unpaired) electrons. The third-order valence-corrected chi connectivity index (χ3v) is 5.16. The predicted molar refractivity (Wildman–Crippen MR) is 80.1 cm³/mol. The first-order chi connectivity index (χ1) is 8.43. The molecule has 0 aromatic carbocycles. The summed E-state index contributed by atoms with van der Waals surface area (Å²) >= 11 is 1.94. The molecule has 1 aromatic heterocycles. The van der Waals surface area contributed by atoms with Gasteiger partial charge in [0.2, 0.25) is 0 Å². The summed E-state index contributed by atoms with van der Waals surface area (Å²) < 4.78 is 0. The number of nitrogens with zero attached hydrogens (tertiary/aromatic N) is 1. The van der Waals surface area contributed by atoms with Crippen LogP contribution in [0.25, 0.3) is 0 Å². The Morgan fingerprint density at radius 1 is 1.39 bits per heavy atom. The van der Waals surface area contributed by atoms with E-state index in [1.807, 2.05) is 11.3 Å². The van der Waals surface area contributed by atoms with Gasteiger partial charge in [0.15, 0.2) is 0 Å². The molecule has 2 unspecified atom stereocenters. The van der Waals surface area contributed by atoms with Crippen LogP contribution >= 0.6 is 11.3 Å². The van der Waals surface area contributed by atoms with Gasteiger partial charge in [-0.1, -0.05) is 6.92 Å². The van der Waals surface area contributed by atoms with Gasteiger partial charge in [-0.2, -0.15) is 0 Å². The number of hydrogen-bond acceptors (Lipinski definition) is 3. The molecule has 2 heterocycles. The molecule has 0 spiro atoms. The lowest BCUT2D eigenvalue weighted by Gasteiger charge is -2.47. The first kappa shape index (κ1) is 14.0. The maximum absolute atomic E-state index is 6.41. The average molecular weight is 266 g/mol. The molecule has 3 heteroatoms. The Bertz CT molecular complexity index is 391. The second-order valence-corrected chi connectivity index (χ2v) is 7.47. The summed E-state index contributed by atoms with van der Waals surface area (Å²) in [6.45, 7) is 10.3. The van der Waals surface area contributed by atoms with Crippen LogP contribution in [-0.4, -0.2) is 23.0 Å². The first-order valence-corrected chi connectivity index (χ1v) is 7.86. The van der Waals surface area contributed by atoms with E-state index in [1.165, 1.54) is 22.7 Å². The normalized spacial score (nSPS) is 26.5. The lowest BCUT2D eigenvalue weighted by atomic mass is 9.90. The Morgan fingerprint density at radius 2 is 2.11 bits per heavy atom. The largest absolute Gasteiger partial charge is 0.326 e. The van der Waals surface area contributed by atoms with E-state index in [0.29, 0.717) is 6.04 Å².